The number of carbonyl (C=O) groups is 2. The van der Waals surface area contributed by atoms with E-state index in [9.17, 15) is 23.2 Å². The zero-order valence-corrected chi connectivity index (χ0v) is 13.3. The molecule has 0 aliphatic carbocycles. The summed E-state index contributed by atoms with van der Waals surface area (Å²) in [6.07, 6.45) is -4.31. The first-order valence-electron chi connectivity index (χ1n) is 6.73. The number of hydrogen-bond donors (Lipinski definition) is 2. The van der Waals surface area contributed by atoms with E-state index >= 15 is 0 Å². The van der Waals surface area contributed by atoms with E-state index in [2.05, 4.69) is 11.1 Å². The monoisotopic (exact) mass is 364 g/mol. The molecule has 0 aromatic carbocycles. The van der Waals surface area contributed by atoms with Crippen LogP contribution in [-0.2, 0) is 9.59 Å². The lowest BCUT2D eigenvalue weighted by Crippen LogP contribution is -2.45. The van der Waals surface area contributed by atoms with E-state index in [0.29, 0.717) is 6.54 Å². The molecule has 1 aromatic heterocycles. The molecular weight excluding hydrogens is 349 g/mol. The van der Waals surface area contributed by atoms with Gasteiger partial charge >= 0.3 is 12.1 Å². The number of nitrogens with two attached hydrogens (primary N) is 1. The second-order valence-electron chi connectivity index (χ2n) is 5.01. The van der Waals surface area contributed by atoms with Crippen molar-refractivity contribution in [2.45, 2.75) is 37.5 Å². The minimum absolute atomic E-state index is 0.0222. The maximum atomic E-state index is 11.9. The number of amides is 1. The Bertz CT molecular complexity index is 613. The smallest absolute Gasteiger partial charge is 0.475 e. The number of nitrogens with zero attached hydrogens (tertiary/aromatic N) is 3. The average Bonchev–Trinajstić information content (AvgIpc) is 3.14. The summed E-state index contributed by atoms with van der Waals surface area (Å²) in [6, 6.07) is 1.21. The van der Waals surface area contributed by atoms with Crippen LogP contribution in [0.1, 0.15) is 25.0 Å². The number of rotatable bonds is 2. The summed E-state index contributed by atoms with van der Waals surface area (Å²) in [6.45, 7) is 2.23. The normalized spacial score (nSPS) is 21.4. The van der Waals surface area contributed by atoms with Crippen molar-refractivity contribution in [1.29, 1.82) is 5.26 Å². The molecule has 0 radical (unpaired) electrons. The van der Waals surface area contributed by atoms with Crippen LogP contribution in [0.3, 0.4) is 0 Å². The van der Waals surface area contributed by atoms with Crippen molar-refractivity contribution in [2.75, 3.05) is 6.54 Å². The Hall–Kier alpha value is -2.19. The van der Waals surface area contributed by atoms with E-state index < -0.39 is 24.2 Å². The fraction of sp³-hybridized carbons (Fsp3) is 0.538. The minimum atomic E-state index is -5.08. The highest BCUT2D eigenvalue weighted by molar-refractivity contribution is 7.07. The molecule has 2 heterocycles. The number of thiazole rings is 1. The topological polar surface area (TPSA) is 120 Å². The van der Waals surface area contributed by atoms with Crippen LogP contribution in [0.25, 0.3) is 0 Å². The molecule has 1 aliphatic heterocycles. The Morgan fingerprint density at radius 1 is 1.58 bits per heavy atom. The predicted molar refractivity (Wildman–Crippen MR) is 77.9 cm³/mol. The fourth-order valence-electron chi connectivity index (χ4n) is 2.18. The summed E-state index contributed by atoms with van der Waals surface area (Å²) in [7, 11) is 0. The van der Waals surface area contributed by atoms with Crippen molar-refractivity contribution in [2.24, 2.45) is 5.73 Å². The van der Waals surface area contributed by atoms with Gasteiger partial charge in [-0.1, -0.05) is 0 Å². The minimum Gasteiger partial charge on any atom is -0.475 e. The molecule has 1 aromatic rings. The number of nitriles is 1. The second-order valence-corrected chi connectivity index (χ2v) is 5.72. The van der Waals surface area contributed by atoms with E-state index in [1.807, 2.05) is 5.38 Å². The van der Waals surface area contributed by atoms with Crippen molar-refractivity contribution in [3.05, 3.63) is 16.6 Å². The Morgan fingerprint density at radius 2 is 2.17 bits per heavy atom. The highest BCUT2D eigenvalue weighted by Crippen LogP contribution is 2.33. The third kappa shape index (κ3) is 4.90. The van der Waals surface area contributed by atoms with Gasteiger partial charge in [0.1, 0.15) is 6.04 Å². The lowest BCUT2D eigenvalue weighted by Gasteiger charge is -2.23. The molecule has 1 aliphatic rings. The van der Waals surface area contributed by atoms with Crippen LogP contribution in [0.15, 0.2) is 10.9 Å². The van der Waals surface area contributed by atoms with Crippen molar-refractivity contribution in [3.63, 3.8) is 0 Å². The van der Waals surface area contributed by atoms with Gasteiger partial charge in [-0.05, 0) is 13.3 Å². The van der Waals surface area contributed by atoms with Crippen molar-refractivity contribution >= 4 is 23.2 Å². The SMILES string of the molecule is C[C@H](N)C(=O)N1CCC(c2cscn2)[C@H]1C#N.O=C(O)C(F)(F)F. The maximum Gasteiger partial charge on any atom is 0.490 e. The van der Waals surface area contributed by atoms with Gasteiger partial charge < -0.3 is 15.7 Å². The highest BCUT2D eigenvalue weighted by Gasteiger charge is 2.39. The van der Waals surface area contributed by atoms with E-state index in [-0.39, 0.29) is 11.8 Å². The predicted octanol–water partition coefficient (Wildman–Crippen LogP) is 1.33. The van der Waals surface area contributed by atoms with Gasteiger partial charge in [0.15, 0.2) is 0 Å². The lowest BCUT2D eigenvalue weighted by molar-refractivity contribution is -0.192. The fourth-order valence-corrected chi connectivity index (χ4v) is 2.79. The summed E-state index contributed by atoms with van der Waals surface area (Å²) in [5.41, 5.74) is 8.24. The molecule has 0 bridgehead atoms. The molecule has 3 N–H and O–H groups in total. The van der Waals surface area contributed by atoms with E-state index in [1.165, 1.54) is 11.3 Å². The first-order valence-corrected chi connectivity index (χ1v) is 7.67. The van der Waals surface area contributed by atoms with Crippen LogP contribution >= 0.6 is 11.3 Å². The van der Waals surface area contributed by atoms with Crippen LogP contribution in [-0.4, -0.2) is 51.7 Å². The lowest BCUT2D eigenvalue weighted by atomic mass is 9.98. The molecule has 1 fully saturated rings. The average molecular weight is 364 g/mol. The van der Waals surface area contributed by atoms with Crippen LogP contribution in [0, 0.1) is 11.3 Å². The van der Waals surface area contributed by atoms with E-state index in [1.54, 1.807) is 17.3 Å². The molecule has 0 spiro atoms. The zero-order valence-electron chi connectivity index (χ0n) is 12.5. The first-order chi connectivity index (χ1) is 11.1. The molecule has 0 saturated carbocycles. The molecule has 24 heavy (non-hydrogen) atoms. The maximum absolute atomic E-state index is 11.9. The van der Waals surface area contributed by atoms with E-state index in [4.69, 9.17) is 15.6 Å². The number of aromatic nitrogens is 1. The van der Waals surface area contributed by atoms with Gasteiger partial charge in [-0.25, -0.2) is 9.78 Å². The molecule has 1 amide bonds. The van der Waals surface area contributed by atoms with Gasteiger partial charge in [0.05, 0.1) is 23.3 Å². The van der Waals surface area contributed by atoms with Crippen LogP contribution in [0.4, 0.5) is 13.2 Å². The zero-order chi connectivity index (χ0) is 18.5. The number of hydrogen-bond acceptors (Lipinski definition) is 6. The molecule has 2 rings (SSSR count). The Balaban J connectivity index is 0.000000351. The number of carbonyl (C=O) groups excluding carboxylic acids is 1. The number of carboxylic acid groups (broad SMARTS) is 1. The highest BCUT2D eigenvalue weighted by atomic mass is 32.1. The number of likely N-dealkylation sites (tertiary alicyclic amines) is 1. The van der Waals surface area contributed by atoms with Gasteiger partial charge in [-0.2, -0.15) is 18.4 Å². The third-order valence-corrected chi connectivity index (χ3v) is 3.88. The third-order valence-electron chi connectivity index (χ3n) is 3.28. The molecule has 1 unspecified atom stereocenters. The van der Waals surface area contributed by atoms with Gasteiger partial charge in [-0.3, -0.25) is 4.79 Å². The van der Waals surface area contributed by atoms with Crippen LogP contribution in [0.2, 0.25) is 0 Å². The van der Waals surface area contributed by atoms with Gasteiger partial charge in [0.25, 0.3) is 0 Å². The summed E-state index contributed by atoms with van der Waals surface area (Å²) in [5, 5.41) is 18.3. The molecular formula is C13H15F3N4O3S. The molecule has 132 valence electrons. The summed E-state index contributed by atoms with van der Waals surface area (Å²) < 4.78 is 31.7. The van der Waals surface area contributed by atoms with Crippen molar-refractivity contribution < 1.29 is 27.9 Å². The number of aliphatic carboxylic acids is 1. The molecule has 3 atom stereocenters. The van der Waals surface area contributed by atoms with Gasteiger partial charge in [0.2, 0.25) is 5.91 Å². The standard InChI is InChI=1S/C11H14N4OS.C2HF3O2/c1-7(13)11(16)15-3-2-8(10(15)4-12)9-5-17-6-14-9;3-2(4,5)1(6)7/h5-8,10H,2-3,13H2,1H3;(H,6,7)/t7-,8?,10+;/m0./s1. The Labute approximate surface area is 139 Å². The summed E-state index contributed by atoms with van der Waals surface area (Å²) in [5.74, 6) is -2.89. The molecule has 7 nitrogen and oxygen atoms in total. The van der Waals surface area contributed by atoms with E-state index in [0.717, 1.165) is 12.1 Å². The molecule has 11 heteroatoms. The first kappa shape index (κ1) is 19.9. The van der Waals surface area contributed by atoms with Crippen LogP contribution < -0.4 is 5.73 Å². The molecule has 1 saturated heterocycles. The summed E-state index contributed by atoms with van der Waals surface area (Å²) in [4.78, 5) is 26.6. The van der Waals surface area contributed by atoms with Crippen molar-refractivity contribution in [1.82, 2.24) is 9.88 Å². The number of carboxylic acids is 1. The number of alkyl halides is 3. The Kier molecular flexibility index (Phi) is 6.68. The van der Waals surface area contributed by atoms with Crippen LogP contribution in [0.5, 0.6) is 0 Å². The van der Waals surface area contributed by atoms with Gasteiger partial charge in [-0.15, -0.1) is 11.3 Å². The van der Waals surface area contributed by atoms with Crippen molar-refractivity contribution in [3.8, 4) is 6.07 Å². The quantitative estimate of drug-likeness (QED) is 0.817. The Morgan fingerprint density at radius 3 is 2.54 bits per heavy atom. The number of halogens is 3. The largest absolute Gasteiger partial charge is 0.490 e. The van der Waals surface area contributed by atoms with Gasteiger partial charge in [0, 0.05) is 17.8 Å². The summed E-state index contributed by atoms with van der Waals surface area (Å²) >= 11 is 1.51. The second kappa shape index (κ2) is 8.07.